The van der Waals surface area contributed by atoms with Crippen molar-refractivity contribution in [2.24, 2.45) is 5.73 Å². The molecule has 0 aliphatic rings. The van der Waals surface area contributed by atoms with Crippen molar-refractivity contribution < 1.29 is 8.78 Å². The number of hydrogen-bond acceptors (Lipinski definition) is 2. The third kappa shape index (κ3) is 2.25. The Labute approximate surface area is 74.2 Å². The van der Waals surface area contributed by atoms with Crippen LogP contribution >= 0.6 is 11.3 Å². The lowest BCUT2D eigenvalue weighted by Gasteiger charge is -2.09. The SMILES string of the molecule is Cc1ccsc1[C@@H](N)CC(F)F. The Bertz CT molecular complexity index is 247. The molecule has 1 rings (SSSR count). The van der Waals surface area contributed by atoms with Crippen LogP contribution in [0.25, 0.3) is 0 Å². The fourth-order valence-corrected chi connectivity index (χ4v) is 2.01. The van der Waals surface area contributed by atoms with Gasteiger partial charge in [0.05, 0.1) is 0 Å². The smallest absolute Gasteiger partial charge is 0.240 e. The lowest BCUT2D eigenvalue weighted by atomic mass is 10.1. The summed E-state index contributed by atoms with van der Waals surface area (Å²) in [6.07, 6.45) is -2.57. The van der Waals surface area contributed by atoms with E-state index in [0.29, 0.717) is 0 Å². The first-order valence-electron chi connectivity index (χ1n) is 3.69. The number of rotatable bonds is 3. The molecule has 0 aliphatic heterocycles. The van der Waals surface area contributed by atoms with Crippen molar-refractivity contribution in [1.82, 2.24) is 0 Å². The van der Waals surface area contributed by atoms with Crippen LogP contribution in [0, 0.1) is 6.92 Å². The van der Waals surface area contributed by atoms with E-state index in [9.17, 15) is 8.78 Å². The monoisotopic (exact) mass is 191 g/mol. The van der Waals surface area contributed by atoms with Crippen LogP contribution in [0.3, 0.4) is 0 Å². The van der Waals surface area contributed by atoms with Crippen molar-refractivity contribution in [2.45, 2.75) is 25.8 Å². The predicted molar refractivity (Wildman–Crippen MR) is 46.6 cm³/mol. The number of hydrogen-bond donors (Lipinski definition) is 1. The zero-order chi connectivity index (χ0) is 9.14. The van der Waals surface area contributed by atoms with E-state index in [0.717, 1.165) is 10.4 Å². The molecule has 1 heterocycles. The van der Waals surface area contributed by atoms with E-state index in [1.54, 1.807) is 0 Å². The molecule has 0 saturated carbocycles. The molecule has 0 unspecified atom stereocenters. The van der Waals surface area contributed by atoms with Gasteiger partial charge in [-0.05, 0) is 23.9 Å². The number of halogens is 2. The van der Waals surface area contributed by atoms with Crippen molar-refractivity contribution in [2.75, 3.05) is 0 Å². The summed E-state index contributed by atoms with van der Waals surface area (Å²) in [5, 5.41) is 1.87. The molecule has 0 radical (unpaired) electrons. The maximum atomic E-state index is 11.9. The van der Waals surface area contributed by atoms with Crippen LogP contribution in [0.1, 0.15) is 22.9 Å². The van der Waals surface area contributed by atoms with Crippen molar-refractivity contribution in [3.8, 4) is 0 Å². The Kier molecular flexibility index (Phi) is 3.17. The zero-order valence-corrected chi connectivity index (χ0v) is 7.57. The molecule has 1 atom stereocenters. The van der Waals surface area contributed by atoms with Gasteiger partial charge in [0.25, 0.3) is 0 Å². The predicted octanol–water partition coefficient (Wildman–Crippen LogP) is 2.71. The fourth-order valence-electron chi connectivity index (χ4n) is 1.06. The minimum absolute atomic E-state index is 0.249. The lowest BCUT2D eigenvalue weighted by molar-refractivity contribution is 0.129. The molecular weight excluding hydrogens is 180 g/mol. The Morgan fingerprint density at radius 1 is 1.58 bits per heavy atom. The van der Waals surface area contributed by atoms with Crippen LogP contribution in [0.2, 0.25) is 0 Å². The van der Waals surface area contributed by atoms with Gasteiger partial charge in [0.1, 0.15) is 0 Å². The topological polar surface area (TPSA) is 26.0 Å². The van der Waals surface area contributed by atoms with Crippen LogP contribution in [0.4, 0.5) is 8.78 Å². The normalized spacial score (nSPS) is 13.8. The fraction of sp³-hybridized carbons (Fsp3) is 0.500. The van der Waals surface area contributed by atoms with Crippen molar-refractivity contribution >= 4 is 11.3 Å². The second-order valence-corrected chi connectivity index (χ2v) is 3.65. The van der Waals surface area contributed by atoms with Gasteiger partial charge in [0.15, 0.2) is 0 Å². The molecule has 2 N–H and O–H groups in total. The molecule has 1 aromatic rings. The third-order valence-corrected chi connectivity index (χ3v) is 2.82. The number of thiophene rings is 1. The number of nitrogens with two attached hydrogens (primary N) is 1. The molecule has 0 bridgehead atoms. The van der Waals surface area contributed by atoms with Gasteiger partial charge in [-0.15, -0.1) is 11.3 Å². The molecule has 1 aromatic heterocycles. The first-order valence-corrected chi connectivity index (χ1v) is 4.57. The number of alkyl halides is 2. The maximum Gasteiger partial charge on any atom is 0.240 e. The van der Waals surface area contributed by atoms with E-state index in [1.165, 1.54) is 11.3 Å². The van der Waals surface area contributed by atoms with Gasteiger partial charge in [0.2, 0.25) is 6.43 Å². The molecule has 12 heavy (non-hydrogen) atoms. The van der Waals surface area contributed by atoms with Gasteiger partial charge in [-0.2, -0.15) is 0 Å². The van der Waals surface area contributed by atoms with E-state index in [4.69, 9.17) is 5.73 Å². The highest BCUT2D eigenvalue weighted by Crippen LogP contribution is 2.26. The van der Waals surface area contributed by atoms with E-state index in [-0.39, 0.29) is 6.42 Å². The Balaban J connectivity index is 2.65. The van der Waals surface area contributed by atoms with Gasteiger partial charge in [-0.25, -0.2) is 8.78 Å². The second kappa shape index (κ2) is 3.96. The molecule has 0 amide bonds. The molecule has 4 heteroatoms. The second-order valence-electron chi connectivity index (χ2n) is 2.70. The third-order valence-electron chi connectivity index (χ3n) is 1.67. The van der Waals surface area contributed by atoms with Gasteiger partial charge in [0, 0.05) is 17.3 Å². The highest BCUT2D eigenvalue weighted by molar-refractivity contribution is 7.10. The number of aryl methyl sites for hydroxylation is 1. The summed E-state index contributed by atoms with van der Waals surface area (Å²) >= 11 is 1.44. The molecule has 0 spiro atoms. The summed E-state index contributed by atoms with van der Waals surface area (Å²) in [7, 11) is 0. The average molecular weight is 191 g/mol. The lowest BCUT2D eigenvalue weighted by Crippen LogP contribution is -2.13. The molecule has 0 fully saturated rings. The summed E-state index contributed by atoms with van der Waals surface area (Å²) in [5.41, 5.74) is 6.58. The zero-order valence-electron chi connectivity index (χ0n) is 6.76. The first-order chi connectivity index (χ1) is 5.61. The summed E-state index contributed by atoms with van der Waals surface area (Å²) in [5.74, 6) is 0. The average Bonchev–Trinajstić information content (AvgIpc) is 2.33. The highest BCUT2D eigenvalue weighted by atomic mass is 32.1. The van der Waals surface area contributed by atoms with Crippen LogP contribution in [0.15, 0.2) is 11.4 Å². The largest absolute Gasteiger partial charge is 0.323 e. The maximum absolute atomic E-state index is 11.9. The highest BCUT2D eigenvalue weighted by Gasteiger charge is 2.15. The van der Waals surface area contributed by atoms with Gasteiger partial charge < -0.3 is 5.73 Å². The molecular formula is C8H11F2NS. The molecule has 0 aromatic carbocycles. The summed E-state index contributed by atoms with van der Waals surface area (Å²) in [6.45, 7) is 1.89. The van der Waals surface area contributed by atoms with Gasteiger partial charge >= 0.3 is 0 Å². The van der Waals surface area contributed by atoms with Crippen molar-refractivity contribution in [3.05, 3.63) is 21.9 Å². The summed E-state index contributed by atoms with van der Waals surface area (Å²) in [4.78, 5) is 0.871. The summed E-state index contributed by atoms with van der Waals surface area (Å²) < 4.78 is 23.9. The first kappa shape index (κ1) is 9.61. The quantitative estimate of drug-likeness (QED) is 0.781. The summed E-state index contributed by atoms with van der Waals surface area (Å²) in [6, 6.07) is 1.38. The molecule has 1 nitrogen and oxygen atoms in total. The standard InChI is InChI=1S/C8H11F2NS/c1-5-2-3-12-8(5)6(11)4-7(9)10/h2-3,6-7H,4,11H2,1H3/t6-/m0/s1. The minimum Gasteiger partial charge on any atom is -0.323 e. The van der Waals surface area contributed by atoms with E-state index in [2.05, 4.69) is 0 Å². The van der Waals surface area contributed by atoms with Crippen molar-refractivity contribution in [1.29, 1.82) is 0 Å². The van der Waals surface area contributed by atoms with Crippen molar-refractivity contribution in [3.63, 3.8) is 0 Å². The molecule has 0 saturated heterocycles. The Hall–Kier alpha value is -0.480. The Morgan fingerprint density at radius 2 is 2.25 bits per heavy atom. The molecule has 68 valence electrons. The van der Waals surface area contributed by atoms with Crippen LogP contribution in [0.5, 0.6) is 0 Å². The van der Waals surface area contributed by atoms with E-state index < -0.39 is 12.5 Å². The van der Waals surface area contributed by atoms with Crippen LogP contribution < -0.4 is 5.73 Å². The van der Waals surface area contributed by atoms with Gasteiger partial charge in [-0.3, -0.25) is 0 Å². The van der Waals surface area contributed by atoms with Crippen LogP contribution in [-0.2, 0) is 0 Å². The Morgan fingerprint density at radius 3 is 2.67 bits per heavy atom. The van der Waals surface area contributed by atoms with Crippen LogP contribution in [-0.4, -0.2) is 6.43 Å². The molecule has 0 aliphatic carbocycles. The minimum atomic E-state index is -2.32. The van der Waals surface area contributed by atoms with Gasteiger partial charge in [-0.1, -0.05) is 0 Å². The van der Waals surface area contributed by atoms with E-state index in [1.807, 2.05) is 18.4 Å². The van der Waals surface area contributed by atoms with E-state index >= 15 is 0 Å².